The lowest BCUT2D eigenvalue weighted by atomic mass is 10.2. The second-order valence-electron chi connectivity index (χ2n) is 3.32. The van der Waals surface area contributed by atoms with Gasteiger partial charge in [0.25, 0.3) is 0 Å². The van der Waals surface area contributed by atoms with Crippen LogP contribution in [-0.4, -0.2) is 31.0 Å². The van der Waals surface area contributed by atoms with Crippen molar-refractivity contribution in [2.24, 2.45) is 0 Å². The van der Waals surface area contributed by atoms with E-state index >= 15 is 0 Å². The largest absolute Gasteiger partial charge is 0.408 e. The third-order valence-electron chi connectivity index (χ3n) is 2.26. The SMILES string of the molecule is CCOP(=O)(OCC)N1CCCCC1. The van der Waals surface area contributed by atoms with E-state index in [9.17, 15) is 4.57 Å². The van der Waals surface area contributed by atoms with Crippen molar-refractivity contribution in [1.29, 1.82) is 0 Å². The molecule has 0 aliphatic carbocycles. The summed E-state index contributed by atoms with van der Waals surface area (Å²) in [5.41, 5.74) is 0. The summed E-state index contributed by atoms with van der Waals surface area (Å²) in [5.74, 6) is 0. The summed E-state index contributed by atoms with van der Waals surface area (Å²) in [6, 6.07) is 0. The van der Waals surface area contributed by atoms with Crippen molar-refractivity contribution in [1.82, 2.24) is 4.67 Å². The molecule has 0 aromatic heterocycles. The first-order chi connectivity index (χ1) is 6.73. The summed E-state index contributed by atoms with van der Waals surface area (Å²) in [5, 5.41) is 0. The van der Waals surface area contributed by atoms with E-state index in [0.717, 1.165) is 25.9 Å². The highest BCUT2D eigenvalue weighted by Gasteiger charge is 2.33. The van der Waals surface area contributed by atoms with Crippen molar-refractivity contribution in [3.05, 3.63) is 0 Å². The number of rotatable bonds is 5. The zero-order valence-electron chi connectivity index (χ0n) is 9.07. The lowest BCUT2D eigenvalue weighted by Crippen LogP contribution is -2.28. The van der Waals surface area contributed by atoms with Crippen molar-refractivity contribution in [2.75, 3.05) is 26.3 Å². The van der Waals surface area contributed by atoms with Crippen molar-refractivity contribution in [3.8, 4) is 0 Å². The van der Waals surface area contributed by atoms with Gasteiger partial charge in [0, 0.05) is 13.1 Å². The Bertz CT molecular complexity index is 194. The minimum atomic E-state index is -2.96. The number of hydrogen-bond donors (Lipinski definition) is 0. The molecule has 0 unspecified atom stereocenters. The Labute approximate surface area is 86.2 Å². The van der Waals surface area contributed by atoms with E-state index in [1.807, 2.05) is 18.5 Å². The smallest absolute Gasteiger partial charge is 0.297 e. The lowest BCUT2D eigenvalue weighted by Gasteiger charge is -2.32. The Kier molecular flexibility index (Phi) is 5.10. The van der Waals surface area contributed by atoms with Gasteiger partial charge < -0.3 is 0 Å². The van der Waals surface area contributed by atoms with Gasteiger partial charge in [0.05, 0.1) is 13.2 Å². The van der Waals surface area contributed by atoms with Gasteiger partial charge >= 0.3 is 7.75 Å². The fraction of sp³-hybridized carbons (Fsp3) is 1.00. The van der Waals surface area contributed by atoms with E-state index < -0.39 is 7.75 Å². The van der Waals surface area contributed by atoms with Crippen LogP contribution < -0.4 is 0 Å². The number of nitrogens with zero attached hydrogens (tertiary/aromatic N) is 1. The molecule has 1 aliphatic heterocycles. The number of piperidine rings is 1. The topological polar surface area (TPSA) is 38.8 Å². The fourth-order valence-corrected chi connectivity index (χ4v) is 3.48. The van der Waals surface area contributed by atoms with Crippen LogP contribution in [0.5, 0.6) is 0 Å². The maximum Gasteiger partial charge on any atom is 0.408 e. The highest BCUT2D eigenvalue weighted by Crippen LogP contribution is 2.52. The van der Waals surface area contributed by atoms with Crippen LogP contribution in [0.4, 0.5) is 0 Å². The van der Waals surface area contributed by atoms with Crippen LogP contribution in [0.25, 0.3) is 0 Å². The summed E-state index contributed by atoms with van der Waals surface area (Å²) in [6.45, 7) is 6.22. The lowest BCUT2D eigenvalue weighted by molar-refractivity contribution is 0.158. The first kappa shape index (κ1) is 12.2. The number of hydrogen-bond acceptors (Lipinski definition) is 3. The molecule has 1 saturated heterocycles. The predicted molar refractivity (Wildman–Crippen MR) is 56.3 cm³/mol. The average Bonchev–Trinajstić information content (AvgIpc) is 2.20. The van der Waals surface area contributed by atoms with Gasteiger partial charge in [0.1, 0.15) is 0 Å². The van der Waals surface area contributed by atoms with E-state index in [0.29, 0.717) is 13.2 Å². The molecule has 5 heteroatoms. The second kappa shape index (κ2) is 5.86. The van der Waals surface area contributed by atoms with Crippen LogP contribution in [0.2, 0.25) is 0 Å². The monoisotopic (exact) mass is 221 g/mol. The van der Waals surface area contributed by atoms with Gasteiger partial charge in [0.2, 0.25) is 0 Å². The Morgan fingerprint density at radius 2 is 1.57 bits per heavy atom. The molecule has 0 aromatic rings. The van der Waals surface area contributed by atoms with Crippen molar-refractivity contribution >= 4 is 7.75 Å². The molecule has 1 fully saturated rings. The Hall–Kier alpha value is 0.110. The van der Waals surface area contributed by atoms with Gasteiger partial charge in [-0.15, -0.1) is 0 Å². The van der Waals surface area contributed by atoms with Gasteiger partial charge in [-0.3, -0.25) is 9.05 Å². The van der Waals surface area contributed by atoms with Gasteiger partial charge in [-0.25, -0.2) is 9.24 Å². The van der Waals surface area contributed by atoms with E-state index in [1.165, 1.54) is 6.42 Å². The summed E-state index contributed by atoms with van der Waals surface area (Å²) < 4.78 is 24.7. The first-order valence-corrected chi connectivity index (χ1v) is 6.87. The van der Waals surface area contributed by atoms with E-state index in [2.05, 4.69) is 0 Å². The average molecular weight is 221 g/mol. The minimum Gasteiger partial charge on any atom is -0.297 e. The molecule has 0 N–H and O–H groups in total. The van der Waals surface area contributed by atoms with E-state index in [-0.39, 0.29) is 0 Å². The molecule has 0 atom stereocenters. The van der Waals surface area contributed by atoms with Gasteiger partial charge in [-0.05, 0) is 26.7 Å². The highest BCUT2D eigenvalue weighted by molar-refractivity contribution is 7.51. The molecule has 1 rings (SSSR count). The van der Waals surface area contributed by atoms with Gasteiger partial charge in [-0.2, -0.15) is 0 Å². The minimum absolute atomic E-state index is 0.438. The van der Waals surface area contributed by atoms with Crippen LogP contribution >= 0.6 is 7.75 Å². The van der Waals surface area contributed by atoms with Gasteiger partial charge in [-0.1, -0.05) is 6.42 Å². The summed E-state index contributed by atoms with van der Waals surface area (Å²) in [7, 11) is -2.96. The Morgan fingerprint density at radius 3 is 2.00 bits per heavy atom. The molecule has 0 spiro atoms. The van der Waals surface area contributed by atoms with Crippen molar-refractivity contribution in [2.45, 2.75) is 33.1 Å². The van der Waals surface area contributed by atoms with E-state index in [1.54, 1.807) is 0 Å². The molecule has 1 heterocycles. The zero-order valence-corrected chi connectivity index (χ0v) is 9.96. The van der Waals surface area contributed by atoms with Crippen LogP contribution in [0.3, 0.4) is 0 Å². The summed E-state index contributed by atoms with van der Waals surface area (Å²) in [6.07, 6.45) is 3.39. The third kappa shape index (κ3) is 3.06. The fourth-order valence-electron chi connectivity index (χ4n) is 1.65. The molecule has 1 aliphatic rings. The molecule has 0 bridgehead atoms. The zero-order chi connectivity index (χ0) is 10.4. The van der Waals surface area contributed by atoms with Crippen LogP contribution in [0.15, 0.2) is 0 Å². The maximum atomic E-state index is 12.2. The molecule has 0 saturated carbocycles. The van der Waals surface area contributed by atoms with E-state index in [4.69, 9.17) is 9.05 Å². The molecular formula is C9H20NO3P. The van der Waals surface area contributed by atoms with Crippen LogP contribution in [0, 0.1) is 0 Å². The Balaban J connectivity index is 2.59. The molecule has 0 aromatic carbocycles. The molecule has 0 amide bonds. The molecule has 4 nitrogen and oxygen atoms in total. The molecule has 84 valence electrons. The summed E-state index contributed by atoms with van der Waals surface area (Å²) >= 11 is 0. The molecule has 0 radical (unpaired) electrons. The standard InChI is InChI=1S/C9H20NO3P/c1-3-12-14(11,13-4-2)10-8-6-5-7-9-10/h3-9H2,1-2H3. The van der Waals surface area contributed by atoms with Crippen molar-refractivity contribution < 1.29 is 13.6 Å². The highest BCUT2D eigenvalue weighted by atomic mass is 31.2. The summed E-state index contributed by atoms with van der Waals surface area (Å²) in [4.78, 5) is 0. The van der Waals surface area contributed by atoms with Crippen molar-refractivity contribution in [3.63, 3.8) is 0 Å². The molecular weight excluding hydrogens is 201 g/mol. The predicted octanol–water partition coefficient (Wildman–Crippen LogP) is 2.65. The van der Waals surface area contributed by atoms with Crippen LogP contribution in [-0.2, 0) is 13.6 Å². The molecule has 14 heavy (non-hydrogen) atoms. The maximum absolute atomic E-state index is 12.2. The van der Waals surface area contributed by atoms with Gasteiger partial charge in [0.15, 0.2) is 0 Å². The normalized spacial score (nSPS) is 19.9. The third-order valence-corrected chi connectivity index (χ3v) is 4.53. The Morgan fingerprint density at radius 1 is 1.07 bits per heavy atom. The first-order valence-electron chi connectivity index (χ1n) is 5.37. The second-order valence-corrected chi connectivity index (χ2v) is 5.34. The van der Waals surface area contributed by atoms with Crippen LogP contribution in [0.1, 0.15) is 33.1 Å². The quantitative estimate of drug-likeness (QED) is 0.669.